The summed E-state index contributed by atoms with van der Waals surface area (Å²) in [7, 11) is 1.73. The SMILES string of the molecule is CCCCCCCCCCCCCCCCCCOC[C@H](COC(C)C)OC. The van der Waals surface area contributed by atoms with Gasteiger partial charge in [0, 0.05) is 13.7 Å². The minimum absolute atomic E-state index is 0.0588. The van der Waals surface area contributed by atoms with Crippen LogP contribution in [0.1, 0.15) is 124 Å². The molecule has 0 amide bonds. The summed E-state index contributed by atoms with van der Waals surface area (Å²) >= 11 is 0. The van der Waals surface area contributed by atoms with E-state index < -0.39 is 0 Å². The molecular formula is C25H52O3. The van der Waals surface area contributed by atoms with Crippen LogP contribution in [0.15, 0.2) is 0 Å². The van der Waals surface area contributed by atoms with Crippen molar-refractivity contribution in [1.82, 2.24) is 0 Å². The lowest BCUT2D eigenvalue weighted by Crippen LogP contribution is -2.26. The molecule has 0 rings (SSSR count). The van der Waals surface area contributed by atoms with Gasteiger partial charge in [-0.1, -0.05) is 103 Å². The molecule has 0 aliphatic rings. The van der Waals surface area contributed by atoms with Crippen LogP contribution in [0, 0.1) is 0 Å². The van der Waals surface area contributed by atoms with Crippen molar-refractivity contribution < 1.29 is 14.2 Å². The fourth-order valence-electron chi connectivity index (χ4n) is 3.45. The Morgan fingerprint density at radius 1 is 0.571 bits per heavy atom. The Labute approximate surface area is 177 Å². The third-order valence-corrected chi connectivity index (χ3v) is 5.39. The van der Waals surface area contributed by atoms with E-state index in [1.807, 2.05) is 13.8 Å². The van der Waals surface area contributed by atoms with E-state index >= 15 is 0 Å². The highest BCUT2D eigenvalue weighted by Gasteiger charge is 2.08. The van der Waals surface area contributed by atoms with Crippen molar-refractivity contribution in [1.29, 1.82) is 0 Å². The predicted molar refractivity (Wildman–Crippen MR) is 122 cm³/mol. The molecule has 28 heavy (non-hydrogen) atoms. The van der Waals surface area contributed by atoms with Gasteiger partial charge in [0.25, 0.3) is 0 Å². The molecule has 0 bridgehead atoms. The fourth-order valence-corrected chi connectivity index (χ4v) is 3.45. The minimum atomic E-state index is 0.0588. The molecule has 0 unspecified atom stereocenters. The van der Waals surface area contributed by atoms with E-state index in [0.29, 0.717) is 13.2 Å². The largest absolute Gasteiger partial charge is 0.379 e. The van der Waals surface area contributed by atoms with Gasteiger partial charge in [-0.05, 0) is 20.3 Å². The topological polar surface area (TPSA) is 27.7 Å². The minimum Gasteiger partial charge on any atom is -0.379 e. The molecule has 0 spiro atoms. The number of methoxy groups -OCH3 is 1. The zero-order chi connectivity index (χ0) is 20.7. The third-order valence-electron chi connectivity index (χ3n) is 5.39. The maximum atomic E-state index is 5.73. The Hall–Kier alpha value is -0.120. The van der Waals surface area contributed by atoms with Crippen molar-refractivity contribution in [3.05, 3.63) is 0 Å². The number of hydrogen-bond acceptors (Lipinski definition) is 3. The quantitative estimate of drug-likeness (QED) is 0.164. The number of hydrogen-bond donors (Lipinski definition) is 0. The first-order valence-electron chi connectivity index (χ1n) is 12.4. The van der Waals surface area contributed by atoms with Gasteiger partial charge in [0.2, 0.25) is 0 Å². The van der Waals surface area contributed by atoms with Gasteiger partial charge in [-0.25, -0.2) is 0 Å². The summed E-state index contributed by atoms with van der Waals surface area (Å²) in [5.74, 6) is 0. The van der Waals surface area contributed by atoms with Crippen LogP contribution in [0.3, 0.4) is 0 Å². The van der Waals surface area contributed by atoms with Crippen LogP contribution in [0.25, 0.3) is 0 Å². The lowest BCUT2D eigenvalue weighted by molar-refractivity contribution is -0.0549. The van der Waals surface area contributed by atoms with Gasteiger partial charge in [0.05, 0.1) is 19.3 Å². The van der Waals surface area contributed by atoms with Crippen molar-refractivity contribution in [3.63, 3.8) is 0 Å². The second-order valence-electron chi connectivity index (χ2n) is 8.62. The van der Waals surface area contributed by atoms with Crippen molar-refractivity contribution in [2.45, 2.75) is 136 Å². The molecule has 0 saturated carbocycles. The van der Waals surface area contributed by atoms with Gasteiger partial charge in [0.1, 0.15) is 6.10 Å². The zero-order valence-electron chi connectivity index (χ0n) is 19.8. The number of ether oxygens (including phenoxy) is 3. The molecule has 0 fully saturated rings. The van der Waals surface area contributed by atoms with Gasteiger partial charge in [-0.3, -0.25) is 0 Å². The number of rotatable bonds is 23. The van der Waals surface area contributed by atoms with Crippen LogP contribution in [0.2, 0.25) is 0 Å². The molecule has 0 radical (unpaired) electrons. The van der Waals surface area contributed by atoms with Gasteiger partial charge in [-0.15, -0.1) is 0 Å². The molecule has 170 valence electrons. The Morgan fingerprint density at radius 2 is 1.00 bits per heavy atom. The van der Waals surface area contributed by atoms with Crippen LogP contribution >= 0.6 is 0 Å². The van der Waals surface area contributed by atoms with Crippen molar-refractivity contribution in [3.8, 4) is 0 Å². The Morgan fingerprint density at radius 3 is 1.39 bits per heavy atom. The van der Waals surface area contributed by atoms with E-state index in [9.17, 15) is 0 Å². The Kier molecular flexibility index (Phi) is 23.1. The van der Waals surface area contributed by atoms with Crippen LogP contribution in [-0.4, -0.2) is 39.1 Å². The first-order valence-corrected chi connectivity index (χ1v) is 12.4. The molecule has 0 aromatic heterocycles. The zero-order valence-corrected chi connectivity index (χ0v) is 19.8. The molecule has 3 nitrogen and oxygen atoms in total. The molecule has 1 atom stereocenters. The summed E-state index contributed by atoms with van der Waals surface area (Å²) in [4.78, 5) is 0. The highest BCUT2D eigenvalue weighted by molar-refractivity contribution is 4.55. The van der Waals surface area contributed by atoms with E-state index in [-0.39, 0.29) is 12.2 Å². The fraction of sp³-hybridized carbons (Fsp3) is 1.00. The molecule has 0 aromatic rings. The summed E-state index contributed by atoms with van der Waals surface area (Å²) in [5.41, 5.74) is 0. The highest BCUT2D eigenvalue weighted by atomic mass is 16.6. The summed E-state index contributed by atoms with van der Waals surface area (Å²) < 4.78 is 16.7. The van der Waals surface area contributed by atoms with Gasteiger partial charge in [-0.2, -0.15) is 0 Å². The molecule has 0 aromatic carbocycles. The molecule has 0 aliphatic heterocycles. The Bertz CT molecular complexity index is 281. The summed E-state index contributed by atoms with van der Waals surface area (Å²) in [6.45, 7) is 8.49. The van der Waals surface area contributed by atoms with Crippen LogP contribution < -0.4 is 0 Å². The average molecular weight is 401 g/mol. The van der Waals surface area contributed by atoms with Crippen LogP contribution in [-0.2, 0) is 14.2 Å². The summed E-state index contributed by atoms with van der Waals surface area (Å²) in [6, 6.07) is 0. The average Bonchev–Trinajstić information content (AvgIpc) is 2.69. The third kappa shape index (κ3) is 22.2. The maximum absolute atomic E-state index is 5.73. The lowest BCUT2D eigenvalue weighted by atomic mass is 10.0. The molecule has 3 heteroatoms. The smallest absolute Gasteiger partial charge is 0.104 e. The van der Waals surface area contributed by atoms with Crippen molar-refractivity contribution in [2.75, 3.05) is 26.9 Å². The monoisotopic (exact) mass is 400 g/mol. The molecule has 0 N–H and O–H groups in total. The van der Waals surface area contributed by atoms with Crippen LogP contribution in [0.5, 0.6) is 0 Å². The van der Waals surface area contributed by atoms with Gasteiger partial charge < -0.3 is 14.2 Å². The van der Waals surface area contributed by atoms with Crippen molar-refractivity contribution in [2.24, 2.45) is 0 Å². The highest BCUT2D eigenvalue weighted by Crippen LogP contribution is 2.13. The van der Waals surface area contributed by atoms with Crippen LogP contribution in [0.4, 0.5) is 0 Å². The predicted octanol–water partition coefficient (Wildman–Crippen LogP) is 7.70. The molecular weight excluding hydrogens is 348 g/mol. The van der Waals surface area contributed by atoms with E-state index in [2.05, 4.69) is 6.92 Å². The normalized spacial score (nSPS) is 12.8. The second-order valence-corrected chi connectivity index (χ2v) is 8.62. The molecule has 0 aliphatic carbocycles. The summed E-state index contributed by atoms with van der Waals surface area (Å²) in [6.07, 6.45) is 22.8. The lowest BCUT2D eigenvalue weighted by Gasteiger charge is -2.17. The Balaban J connectivity index is 3.15. The molecule has 0 saturated heterocycles. The second kappa shape index (κ2) is 23.2. The summed E-state index contributed by atoms with van der Waals surface area (Å²) in [5, 5.41) is 0. The standard InChI is InChI=1S/C25H52O3/c1-5-6-7-8-9-10-11-12-13-14-15-16-17-18-19-20-21-27-22-25(26-4)23-28-24(2)3/h24-25H,5-23H2,1-4H3/t25-/m1/s1. The first kappa shape index (κ1) is 27.9. The van der Waals surface area contributed by atoms with E-state index in [1.54, 1.807) is 7.11 Å². The molecule has 0 heterocycles. The van der Waals surface area contributed by atoms with E-state index in [4.69, 9.17) is 14.2 Å². The maximum Gasteiger partial charge on any atom is 0.104 e. The van der Waals surface area contributed by atoms with E-state index in [1.165, 1.54) is 103 Å². The first-order chi connectivity index (χ1) is 13.7. The van der Waals surface area contributed by atoms with Crippen molar-refractivity contribution >= 4 is 0 Å². The van der Waals surface area contributed by atoms with Gasteiger partial charge >= 0.3 is 0 Å². The number of unbranched alkanes of at least 4 members (excludes halogenated alkanes) is 15. The van der Waals surface area contributed by atoms with Gasteiger partial charge in [0.15, 0.2) is 0 Å². The van der Waals surface area contributed by atoms with E-state index in [0.717, 1.165) is 6.61 Å².